The van der Waals surface area contributed by atoms with E-state index in [-0.39, 0.29) is 18.9 Å². The summed E-state index contributed by atoms with van der Waals surface area (Å²) < 4.78 is 22.6. The van der Waals surface area contributed by atoms with Crippen LogP contribution in [0.1, 0.15) is 17.5 Å². The highest BCUT2D eigenvalue weighted by Crippen LogP contribution is 2.56. The first-order valence-corrected chi connectivity index (χ1v) is 8.29. The molecule has 0 amide bonds. The maximum absolute atomic E-state index is 11.4. The lowest BCUT2D eigenvalue weighted by Crippen LogP contribution is -2.59. The molecule has 6 nitrogen and oxygen atoms in total. The predicted octanol–water partition coefficient (Wildman–Crippen LogP) is 1.16. The molecule has 24 heavy (non-hydrogen) atoms. The second-order valence-electron chi connectivity index (χ2n) is 7.10. The molecule has 1 aliphatic carbocycles. The van der Waals surface area contributed by atoms with Crippen LogP contribution in [0.25, 0.3) is 0 Å². The first-order valence-electron chi connectivity index (χ1n) is 8.29. The number of rotatable bonds is 1. The van der Waals surface area contributed by atoms with E-state index in [1.165, 1.54) is 0 Å². The van der Waals surface area contributed by atoms with Gasteiger partial charge in [-0.05, 0) is 36.7 Å². The topological polar surface area (TPSA) is 60.4 Å². The molecule has 1 saturated heterocycles. The Morgan fingerprint density at radius 2 is 2.08 bits per heavy atom. The average molecular weight is 331 g/mol. The van der Waals surface area contributed by atoms with Gasteiger partial charge in [0, 0.05) is 13.2 Å². The zero-order valence-corrected chi connectivity index (χ0v) is 13.8. The summed E-state index contributed by atoms with van der Waals surface area (Å²) in [4.78, 5) is 2.18. The van der Waals surface area contributed by atoms with E-state index in [9.17, 15) is 5.11 Å². The predicted molar refractivity (Wildman–Crippen MR) is 85.0 cm³/mol. The van der Waals surface area contributed by atoms with Gasteiger partial charge in [-0.2, -0.15) is 0 Å². The number of likely N-dealkylation sites (tertiary alicyclic amines) is 1. The molecule has 0 bridgehead atoms. The molecule has 1 spiro atoms. The van der Waals surface area contributed by atoms with Crippen LogP contribution in [0, 0.1) is 0 Å². The Morgan fingerprint density at radius 1 is 1.29 bits per heavy atom. The maximum atomic E-state index is 11.4. The van der Waals surface area contributed by atoms with Crippen molar-refractivity contribution >= 4 is 0 Å². The van der Waals surface area contributed by atoms with E-state index in [4.69, 9.17) is 18.9 Å². The summed E-state index contributed by atoms with van der Waals surface area (Å²) in [6.07, 6.45) is 4.98. The maximum Gasteiger partial charge on any atom is 0.231 e. The van der Waals surface area contributed by atoms with Crippen LogP contribution in [0.4, 0.5) is 0 Å². The van der Waals surface area contributed by atoms with E-state index in [0.29, 0.717) is 13.2 Å². The minimum Gasteiger partial charge on any atom is -0.454 e. The molecule has 5 rings (SSSR count). The zero-order valence-electron chi connectivity index (χ0n) is 13.8. The third-order valence-corrected chi connectivity index (χ3v) is 6.01. The van der Waals surface area contributed by atoms with Gasteiger partial charge in [0.05, 0.1) is 24.7 Å². The number of benzene rings is 1. The number of ether oxygens (including phenoxy) is 4. The summed E-state index contributed by atoms with van der Waals surface area (Å²) in [5.41, 5.74) is 1.50. The summed E-state index contributed by atoms with van der Waals surface area (Å²) in [6.45, 7) is 1.07. The number of β-amino-alcohol motifs (C(OH)–C–C–N with tert-alkyl or cyclic N) is 1. The van der Waals surface area contributed by atoms with E-state index < -0.39 is 11.2 Å². The lowest BCUT2D eigenvalue weighted by molar-refractivity contribution is -0.236. The van der Waals surface area contributed by atoms with Crippen molar-refractivity contribution in [2.45, 2.75) is 36.4 Å². The number of aliphatic hydroxyl groups is 1. The number of nitrogens with zero attached hydrogens (tertiary/aromatic N) is 1. The minimum atomic E-state index is -1.25. The molecule has 3 aliphatic heterocycles. The third-order valence-electron chi connectivity index (χ3n) is 6.01. The molecular weight excluding hydrogens is 310 g/mol. The van der Waals surface area contributed by atoms with Gasteiger partial charge in [-0.1, -0.05) is 12.2 Å². The monoisotopic (exact) mass is 331 g/mol. The molecular formula is C18H21NO5. The van der Waals surface area contributed by atoms with Crippen LogP contribution in [0.3, 0.4) is 0 Å². The lowest BCUT2D eigenvalue weighted by Gasteiger charge is -2.49. The number of hydrogen-bond donors (Lipinski definition) is 1. The summed E-state index contributed by atoms with van der Waals surface area (Å²) in [5.74, 6) is 0.238. The Bertz CT molecular complexity index is 734. The molecule has 3 heterocycles. The van der Waals surface area contributed by atoms with Crippen LogP contribution in [0.2, 0.25) is 0 Å². The van der Waals surface area contributed by atoms with Crippen molar-refractivity contribution in [3.05, 3.63) is 35.4 Å². The van der Waals surface area contributed by atoms with Gasteiger partial charge in [0.2, 0.25) is 6.79 Å². The summed E-state index contributed by atoms with van der Waals surface area (Å²) in [5, 5.41) is 11.4. The second-order valence-corrected chi connectivity index (χ2v) is 7.10. The van der Waals surface area contributed by atoms with Crippen molar-refractivity contribution in [2.24, 2.45) is 0 Å². The molecule has 0 saturated carbocycles. The Balaban J connectivity index is 1.74. The molecule has 4 atom stereocenters. The minimum absolute atomic E-state index is 0.0461. The third kappa shape index (κ3) is 1.64. The summed E-state index contributed by atoms with van der Waals surface area (Å²) >= 11 is 0. The highest BCUT2D eigenvalue weighted by atomic mass is 16.7. The van der Waals surface area contributed by atoms with Crippen LogP contribution >= 0.6 is 0 Å². The summed E-state index contributed by atoms with van der Waals surface area (Å²) in [6, 6.07) is 4.10. The SMILES string of the molecule is CO[C@@H]1C=CC23c4cc5c(cc4CO[C@]2(O)CN(C)[C@H]3C1)OCO5. The van der Waals surface area contributed by atoms with Crippen molar-refractivity contribution in [1.29, 1.82) is 0 Å². The standard InChI is InChI=1S/C18H21NO5/c1-19-9-18(20)17(4-3-12(21-2)6-16(17)19)13-7-15-14(22-10-23-15)5-11(13)8-24-18/h3-5,7,12,16,20H,6,8-10H2,1-2H3/t12-,16+,17?,18-/m1/s1. The van der Waals surface area contributed by atoms with Gasteiger partial charge in [-0.25, -0.2) is 0 Å². The fraction of sp³-hybridized carbons (Fsp3) is 0.556. The molecule has 1 aromatic carbocycles. The van der Waals surface area contributed by atoms with Gasteiger partial charge in [-0.15, -0.1) is 0 Å². The van der Waals surface area contributed by atoms with Crippen molar-refractivity contribution in [3.8, 4) is 11.5 Å². The van der Waals surface area contributed by atoms with Crippen LogP contribution in [0.5, 0.6) is 11.5 Å². The van der Waals surface area contributed by atoms with Gasteiger partial charge in [0.15, 0.2) is 17.3 Å². The van der Waals surface area contributed by atoms with Crippen LogP contribution in [0.15, 0.2) is 24.3 Å². The fourth-order valence-electron chi connectivity index (χ4n) is 4.86. The number of methoxy groups -OCH3 is 1. The van der Waals surface area contributed by atoms with E-state index in [1.807, 2.05) is 25.3 Å². The molecule has 1 aromatic rings. The Morgan fingerprint density at radius 3 is 2.88 bits per heavy atom. The molecule has 4 aliphatic rings. The molecule has 1 unspecified atom stereocenters. The number of likely N-dealkylation sites (N-methyl/N-ethyl adjacent to an activating group) is 1. The van der Waals surface area contributed by atoms with E-state index in [1.54, 1.807) is 7.11 Å². The lowest BCUT2D eigenvalue weighted by atomic mass is 9.64. The van der Waals surface area contributed by atoms with Crippen molar-refractivity contribution in [1.82, 2.24) is 4.90 Å². The summed E-state index contributed by atoms with van der Waals surface area (Å²) in [7, 11) is 3.75. The number of fused-ring (bicyclic) bond motifs is 2. The quantitative estimate of drug-likeness (QED) is 0.780. The van der Waals surface area contributed by atoms with E-state index in [2.05, 4.69) is 11.0 Å². The Labute approximate surface area is 140 Å². The van der Waals surface area contributed by atoms with Crippen LogP contribution < -0.4 is 9.47 Å². The highest BCUT2D eigenvalue weighted by molar-refractivity contribution is 5.56. The molecule has 0 radical (unpaired) electrons. The molecule has 128 valence electrons. The smallest absolute Gasteiger partial charge is 0.231 e. The zero-order chi connectivity index (χ0) is 16.5. The van der Waals surface area contributed by atoms with Gasteiger partial charge in [-0.3, -0.25) is 4.90 Å². The molecule has 6 heteroatoms. The van der Waals surface area contributed by atoms with E-state index in [0.717, 1.165) is 29.0 Å². The highest BCUT2D eigenvalue weighted by Gasteiger charge is 2.66. The normalized spacial score (nSPS) is 39.5. The van der Waals surface area contributed by atoms with Crippen molar-refractivity contribution in [3.63, 3.8) is 0 Å². The Hall–Kier alpha value is -1.60. The van der Waals surface area contributed by atoms with Crippen LogP contribution in [-0.2, 0) is 21.5 Å². The van der Waals surface area contributed by atoms with Crippen LogP contribution in [-0.4, -0.2) is 55.4 Å². The second kappa shape index (κ2) is 4.73. The molecule has 1 N–H and O–H groups in total. The molecule has 1 fully saturated rings. The first kappa shape index (κ1) is 14.7. The fourth-order valence-corrected chi connectivity index (χ4v) is 4.86. The Kier molecular flexibility index (Phi) is 2.90. The van der Waals surface area contributed by atoms with Gasteiger partial charge in [0.25, 0.3) is 0 Å². The molecule has 0 aromatic heterocycles. The number of hydrogen-bond acceptors (Lipinski definition) is 6. The first-order chi connectivity index (χ1) is 11.6. The van der Waals surface area contributed by atoms with Crippen molar-refractivity contribution < 1.29 is 24.1 Å². The van der Waals surface area contributed by atoms with Gasteiger partial charge >= 0.3 is 0 Å². The van der Waals surface area contributed by atoms with Gasteiger partial charge in [0.1, 0.15) is 0 Å². The van der Waals surface area contributed by atoms with E-state index >= 15 is 0 Å². The average Bonchev–Trinajstić information content (AvgIpc) is 3.13. The van der Waals surface area contributed by atoms with Gasteiger partial charge < -0.3 is 24.1 Å². The van der Waals surface area contributed by atoms with Crippen molar-refractivity contribution in [2.75, 3.05) is 27.5 Å². The largest absolute Gasteiger partial charge is 0.454 e.